The molecule has 0 aliphatic heterocycles. The summed E-state index contributed by atoms with van der Waals surface area (Å²) in [6, 6.07) is 5.92. The summed E-state index contributed by atoms with van der Waals surface area (Å²) in [5.74, 6) is 0.823. The fraction of sp³-hybridized carbons (Fsp3) is 0.308. The molecular formula is C13H16BrN3O. The first-order chi connectivity index (χ1) is 8.58. The van der Waals surface area contributed by atoms with Crippen LogP contribution >= 0.6 is 15.9 Å². The molecule has 0 radical (unpaired) electrons. The summed E-state index contributed by atoms with van der Waals surface area (Å²) in [6.45, 7) is 2.43. The first-order valence-corrected chi connectivity index (χ1v) is 6.44. The molecule has 18 heavy (non-hydrogen) atoms. The van der Waals surface area contributed by atoms with Gasteiger partial charge in [-0.3, -0.25) is 4.68 Å². The second-order valence-corrected chi connectivity index (χ2v) is 5.00. The van der Waals surface area contributed by atoms with Crippen LogP contribution in [0.25, 0.3) is 11.1 Å². The van der Waals surface area contributed by atoms with E-state index in [2.05, 4.69) is 21.0 Å². The molecule has 2 rings (SSSR count). The Morgan fingerprint density at radius 3 is 2.78 bits per heavy atom. The Morgan fingerprint density at radius 1 is 1.44 bits per heavy atom. The van der Waals surface area contributed by atoms with Crippen LogP contribution < -0.4 is 10.5 Å². The molecule has 0 aliphatic carbocycles. The van der Waals surface area contributed by atoms with Gasteiger partial charge >= 0.3 is 0 Å². The van der Waals surface area contributed by atoms with Crippen LogP contribution in [0.5, 0.6) is 5.75 Å². The lowest BCUT2D eigenvalue weighted by Crippen LogP contribution is -2.05. The Balaban J connectivity index is 2.71. The first kappa shape index (κ1) is 13.1. The number of rotatable bonds is 3. The zero-order chi connectivity index (χ0) is 13.3. The van der Waals surface area contributed by atoms with Gasteiger partial charge in [-0.25, -0.2) is 0 Å². The first-order valence-electron chi connectivity index (χ1n) is 5.65. The number of aromatic nitrogens is 2. The van der Waals surface area contributed by atoms with Gasteiger partial charge in [-0.15, -0.1) is 0 Å². The summed E-state index contributed by atoms with van der Waals surface area (Å²) >= 11 is 3.49. The molecule has 2 N–H and O–H groups in total. The highest BCUT2D eigenvalue weighted by Crippen LogP contribution is 2.36. The van der Waals surface area contributed by atoms with Gasteiger partial charge in [0.05, 0.1) is 18.5 Å². The van der Waals surface area contributed by atoms with Gasteiger partial charge in [0.1, 0.15) is 5.75 Å². The Kier molecular flexibility index (Phi) is 3.73. The molecule has 0 fully saturated rings. The number of halogens is 1. The molecule has 96 valence electrons. The van der Waals surface area contributed by atoms with Gasteiger partial charge in [-0.05, 0) is 25.1 Å². The maximum atomic E-state index is 5.82. The average molecular weight is 310 g/mol. The van der Waals surface area contributed by atoms with Crippen molar-refractivity contribution in [3.63, 3.8) is 0 Å². The monoisotopic (exact) mass is 309 g/mol. The molecule has 5 heteroatoms. The van der Waals surface area contributed by atoms with E-state index in [1.165, 1.54) is 0 Å². The molecule has 1 aromatic heterocycles. The number of methoxy groups -OCH3 is 1. The van der Waals surface area contributed by atoms with Crippen LogP contribution in [0.3, 0.4) is 0 Å². The Labute approximate surface area is 115 Å². The van der Waals surface area contributed by atoms with Crippen molar-refractivity contribution in [1.29, 1.82) is 0 Å². The lowest BCUT2D eigenvalue weighted by Gasteiger charge is -2.10. The molecule has 0 aliphatic rings. The standard InChI is InChI=1S/C13H16BrN3O/c1-8-13(11(7-15)17(2)16-8)10-6-9(14)4-5-12(10)18-3/h4-6H,7,15H2,1-3H3. The number of ether oxygens (including phenoxy) is 1. The molecule has 0 saturated heterocycles. The number of nitrogens with two attached hydrogens (primary N) is 1. The summed E-state index contributed by atoms with van der Waals surface area (Å²) in [4.78, 5) is 0. The highest BCUT2D eigenvalue weighted by atomic mass is 79.9. The molecule has 1 aromatic carbocycles. The van der Waals surface area contributed by atoms with Crippen LogP contribution in [-0.2, 0) is 13.6 Å². The van der Waals surface area contributed by atoms with Crippen molar-refractivity contribution in [3.8, 4) is 16.9 Å². The largest absolute Gasteiger partial charge is 0.496 e. The second kappa shape index (κ2) is 5.12. The normalized spacial score (nSPS) is 10.7. The zero-order valence-corrected chi connectivity index (χ0v) is 12.3. The van der Waals surface area contributed by atoms with Crippen molar-refractivity contribution in [2.24, 2.45) is 12.8 Å². The van der Waals surface area contributed by atoms with Crippen LogP contribution in [0, 0.1) is 6.92 Å². The van der Waals surface area contributed by atoms with Crippen molar-refractivity contribution in [2.45, 2.75) is 13.5 Å². The van der Waals surface area contributed by atoms with Crippen molar-refractivity contribution >= 4 is 15.9 Å². The van der Waals surface area contributed by atoms with E-state index in [0.717, 1.165) is 32.7 Å². The van der Waals surface area contributed by atoms with E-state index in [1.807, 2.05) is 36.9 Å². The summed E-state index contributed by atoms with van der Waals surface area (Å²) in [5, 5.41) is 4.43. The molecule has 0 atom stereocenters. The van der Waals surface area contributed by atoms with Crippen molar-refractivity contribution in [3.05, 3.63) is 34.1 Å². The third-order valence-corrected chi connectivity index (χ3v) is 3.46. The molecule has 1 heterocycles. The third-order valence-electron chi connectivity index (χ3n) is 2.97. The van der Waals surface area contributed by atoms with E-state index < -0.39 is 0 Å². The Bertz CT molecular complexity index is 578. The fourth-order valence-corrected chi connectivity index (χ4v) is 2.53. The Hall–Kier alpha value is -1.33. The minimum Gasteiger partial charge on any atom is -0.496 e. The fourth-order valence-electron chi connectivity index (χ4n) is 2.17. The zero-order valence-electron chi connectivity index (χ0n) is 10.7. The lowest BCUT2D eigenvalue weighted by molar-refractivity contribution is 0.416. The van der Waals surface area contributed by atoms with Gasteiger partial charge in [-0.1, -0.05) is 15.9 Å². The van der Waals surface area contributed by atoms with Crippen LogP contribution in [0.1, 0.15) is 11.4 Å². The van der Waals surface area contributed by atoms with Crippen molar-refractivity contribution in [1.82, 2.24) is 9.78 Å². The third kappa shape index (κ3) is 2.15. The summed E-state index contributed by atoms with van der Waals surface area (Å²) < 4.78 is 8.25. The topological polar surface area (TPSA) is 53.1 Å². The lowest BCUT2D eigenvalue weighted by atomic mass is 10.0. The van der Waals surface area contributed by atoms with Gasteiger partial charge in [0, 0.05) is 29.2 Å². The molecule has 4 nitrogen and oxygen atoms in total. The van der Waals surface area contributed by atoms with E-state index in [0.29, 0.717) is 6.54 Å². The van der Waals surface area contributed by atoms with Gasteiger partial charge in [0.15, 0.2) is 0 Å². The number of hydrogen-bond acceptors (Lipinski definition) is 3. The Morgan fingerprint density at radius 2 is 2.17 bits per heavy atom. The van der Waals surface area contributed by atoms with E-state index in [1.54, 1.807) is 7.11 Å². The molecule has 0 amide bonds. The smallest absolute Gasteiger partial charge is 0.126 e. The number of aryl methyl sites for hydroxylation is 2. The molecule has 0 spiro atoms. The van der Waals surface area contributed by atoms with Crippen molar-refractivity contribution < 1.29 is 4.74 Å². The number of nitrogens with zero attached hydrogens (tertiary/aromatic N) is 2. The highest BCUT2D eigenvalue weighted by molar-refractivity contribution is 9.10. The SMILES string of the molecule is COc1ccc(Br)cc1-c1c(C)nn(C)c1CN. The quantitative estimate of drug-likeness (QED) is 0.948. The molecule has 0 bridgehead atoms. The van der Waals surface area contributed by atoms with E-state index in [4.69, 9.17) is 10.5 Å². The second-order valence-electron chi connectivity index (χ2n) is 4.08. The number of benzene rings is 1. The van der Waals surface area contributed by atoms with Gasteiger partial charge < -0.3 is 10.5 Å². The van der Waals surface area contributed by atoms with Crippen LogP contribution in [-0.4, -0.2) is 16.9 Å². The van der Waals surface area contributed by atoms with E-state index >= 15 is 0 Å². The molecule has 0 unspecified atom stereocenters. The summed E-state index contributed by atoms with van der Waals surface area (Å²) in [7, 11) is 3.57. The predicted molar refractivity (Wildman–Crippen MR) is 75.5 cm³/mol. The van der Waals surface area contributed by atoms with Gasteiger partial charge in [-0.2, -0.15) is 5.10 Å². The summed E-state index contributed by atoms with van der Waals surface area (Å²) in [5.41, 5.74) is 9.84. The van der Waals surface area contributed by atoms with Gasteiger partial charge in [0.25, 0.3) is 0 Å². The number of hydrogen-bond donors (Lipinski definition) is 1. The predicted octanol–water partition coefficient (Wildman–Crippen LogP) is 2.63. The van der Waals surface area contributed by atoms with E-state index in [9.17, 15) is 0 Å². The van der Waals surface area contributed by atoms with Gasteiger partial charge in [0.2, 0.25) is 0 Å². The maximum Gasteiger partial charge on any atom is 0.126 e. The highest BCUT2D eigenvalue weighted by Gasteiger charge is 2.17. The minimum atomic E-state index is 0.447. The molecular weight excluding hydrogens is 294 g/mol. The average Bonchev–Trinajstić information content (AvgIpc) is 2.63. The maximum absolute atomic E-state index is 5.82. The summed E-state index contributed by atoms with van der Waals surface area (Å²) in [6.07, 6.45) is 0. The molecule has 2 aromatic rings. The van der Waals surface area contributed by atoms with Crippen molar-refractivity contribution in [2.75, 3.05) is 7.11 Å². The molecule has 0 saturated carbocycles. The minimum absolute atomic E-state index is 0.447. The van der Waals surface area contributed by atoms with Crippen LogP contribution in [0.4, 0.5) is 0 Å². The van der Waals surface area contributed by atoms with E-state index in [-0.39, 0.29) is 0 Å². The van der Waals surface area contributed by atoms with Crippen LogP contribution in [0.15, 0.2) is 22.7 Å². The van der Waals surface area contributed by atoms with Crippen LogP contribution in [0.2, 0.25) is 0 Å².